The molecule has 98 valence electrons. The van der Waals surface area contributed by atoms with Crippen LogP contribution in [0.5, 0.6) is 11.5 Å². The van der Waals surface area contributed by atoms with Gasteiger partial charge in [-0.2, -0.15) is 0 Å². The number of phenolic OH excluding ortho intramolecular Hbond substituents is 2. The smallest absolute Gasteiger partial charge is 0.251 e. The highest BCUT2D eigenvalue weighted by molar-refractivity contribution is 5.95. The summed E-state index contributed by atoms with van der Waals surface area (Å²) in [6.45, 7) is 2.64. The molecule has 1 saturated carbocycles. The van der Waals surface area contributed by atoms with Gasteiger partial charge < -0.3 is 20.3 Å². The van der Waals surface area contributed by atoms with Gasteiger partial charge in [-0.15, -0.1) is 0 Å². The lowest BCUT2D eigenvalue weighted by atomic mass is 9.89. The third-order valence-electron chi connectivity index (χ3n) is 3.07. The first-order valence-corrected chi connectivity index (χ1v) is 6.04. The van der Waals surface area contributed by atoms with Crippen molar-refractivity contribution in [3.05, 3.63) is 23.8 Å². The predicted molar refractivity (Wildman–Crippen MR) is 65.7 cm³/mol. The Morgan fingerprint density at radius 2 is 2.11 bits per heavy atom. The lowest BCUT2D eigenvalue weighted by Crippen LogP contribution is -2.47. The van der Waals surface area contributed by atoms with Crippen molar-refractivity contribution >= 4 is 5.91 Å². The maximum absolute atomic E-state index is 11.8. The Bertz CT molecular complexity index is 441. The van der Waals surface area contributed by atoms with Crippen LogP contribution < -0.4 is 5.32 Å². The van der Waals surface area contributed by atoms with Crippen LogP contribution in [0.4, 0.5) is 0 Å². The molecule has 1 aliphatic rings. The number of carbonyl (C=O) groups excluding carboxylic acids is 1. The Balaban J connectivity index is 1.87. The quantitative estimate of drug-likeness (QED) is 0.707. The minimum absolute atomic E-state index is 0.130. The fourth-order valence-corrected chi connectivity index (χ4v) is 1.99. The molecule has 0 aromatic heterocycles. The highest BCUT2D eigenvalue weighted by atomic mass is 16.5. The van der Waals surface area contributed by atoms with Gasteiger partial charge in [-0.25, -0.2) is 0 Å². The van der Waals surface area contributed by atoms with E-state index in [1.807, 2.05) is 6.92 Å². The molecule has 0 saturated heterocycles. The average molecular weight is 251 g/mol. The number of phenols is 2. The fourth-order valence-electron chi connectivity index (χ4n) is 1.99. The number of amides is 1. The average Bonchev–Trinajstić information content (AvgIpc) is 2.30. The van der Waals surface area contributed by atoms with Crippen LogP contribution >= 0.6 is 0 Å². The van der Waals surface area contributed by atoms with E-state index < -0.39 is 0 Å². The molecule has 1 amide bonds. The van der Waals surface area contributed by atoms with Crippen LogP contribution in [-0.4, -0.2) is 34.9 Å². The second-order valence-electron chi connectivity index (χ2n) is 4.42. The number of rotatable bonds is 4. The molecule has 0 radical (unpaired) electrons. The Morgan fingerprint density at radius 3 is 2.72 bits per heavy atom. The van der Waals surface area contributed by atoms with Crippen LogP contribution in [0.1, 0.15) is 30.1 Å². The first kappa shape index (κ1) is 12.7. The molecule has 1 aromatic rings. The van der Waals surface area contributed by atoms with Crippen molar-refractivity contribution < 1.29 is 19.7 Å². The molecule has 0 bridgehead atoms. The SMILES string of the molecule is CCOC1CC(NC(=O)c2ccc(O)c(O)c2)C1. The topological polar surface area (TPSA) is 78.8 Å². The minimum Gasteiger partial charge on any atom is -0.504 e. The van der Waals surface area contributed by atoms with Gasteiger partial charge in [0.05, 0.1) is 6.10 Å². The van der Waals surface area contributed by atoms with Crippen LogP contribution in [0, 0.1) is 0 Å². The first-order chi connectivity index (χ1) is 8.60. The van der Waals surface area contributed by atoms with Gasteiger partial charge >= 0.3 is 0 Å². The molecule has 3 N–H and O–H groups in total. The molecule has 5 heteroatoms. The third-order valence-corrected chi connectivity index (χ3v) is 3.07. The third kappa shape index (κ3) is 2.73. The summed E-state index contributed by atoms with van der Waals surface area (Å²) in [7, 11) is 0. The van der Waals surface area contributed by atoms with Gasteiger partial charge in [0.1, 0.15) is 0 Å². The number of benzene rings is 1. The monoisotopic (exact) mass is 251 g/mol. The molecular weight excluding hydrogens is 234 g/mol. The normalized spacial score (nSPS) is 22.3. The van der Waals surface area contributed by atoms with Gasteiger partial charge in [0, 0.05) is 18.2 Å². The Kier molecular flexibility index (Phi) is 3.72. The lowest BCUT2D eigenvalue weighted by molar-refractivity contribution is -0.00862. The summed E-state index contributed by atoms with van der Waals surface area (Å²) in [5.41, 5.74) is 0.338. The molecule has 18 heavy (non-hydrogen) atoms. The molecule has 0 spiro atoms. The van der Waals surface area contributed by atoms with Crippen LogP contribution in [0.25, 0.3) is 0 Å². The second kappa shape index (κ2) is 5.27. The van der Waals surface area contributed by atoms with Crippen molar-refractivity contribution in [2.75, 3.05) is 6.61 Å². The number of ether oxygens (including phenoxy) is 1. The standard InChI is InChI=1S/C13H17NO4/c1-2-18-10-6-9(7-10)14-13(17)8-3-4-11(15)12(16)5-8/h3-5,9-10,15-16H,2,6-7H2,1H3,(H,14,17). The second-order valence-corrected chi connectivity index (χ2v) is 4.42. The molecule has 2 rings (SSSR count). The molecule has 1 aromatic carbocycles. The minimum atomic E-state index is -0.288. The van der Waals surface area contributed by atoms with E-state index in [2.05, 4.69) is 5.32 Å². The van der Waals surface area contributed by atoms with Crippen molar-refractivity contribution in [1.29, 1.82) is 0 Å². The molecule has 0 heterocycles. The van der Waals surface area contributed by atoms with E-state index in [0.29, 0.717) is 12.2 Å². The van der Waals surface area contributed by atoms with Crippen molar-refractivity contribution in [3.63, 3.8) is 0 Å². The first-order valence-electron chi connectivity index (χ1n) is 6.04. The maximum atomic E-state index is 11.8. The fraction of sp³-hybridized carbons (Fsp3) is 0.462. The summed E-state index contributed by atoms with van der Waals surface area (Å²) in [6.07, 6.45) is 1.89. The van der Waals surface area contributed by atoms with E-state index in [1.165, 1.54) is 18.2 Å². The van der Waals surface area contributed by atoms with Crippen LogP contribution in [0.2, 0.25) is 0 Å². The van der Waals surface area contributed by atoms with Gasteiger partial charge in [0.15, 0.2) is 11.5 Å². The zero-order valence-electron chi connectivity index (χ0n) is 10.2. The Labute approximate surface area is 105 Å². The molecule has 0 unspecified atom stereocenters. The van der Waals surface area contributed by atoms with E-state index >= 15 is 0 Å². The number of aromatic hydroxyl groups is 2. The van der Waals surface area contributed by atoms with E-state index in [-0.39, 0.29) is 29.6 Å². The summed E-state index contributed by atoms with van der Waals surface area (Å²) in [4.78, 5) is 11.8. The van der Waals surface area contributed by atoms with Crippen LogP contribution in [0.15, 0.2) is 18.2 Å². The summed E-state index contributed by atoms with van der Waals surface area (Å²) >= 11 is 0. The van der Waals surface area contributed by atoms with Crippen molar-refractivity contribution in [3.8, 4) is 11.5 Å². The largest absolute Gasteiger partial charge is 0.504 e. The van der Waals surface area contributed by atoms with E-state index in [0.717, 1.165) is 12.8 Å². The highest BCUT2D eigenvalue weighted by Gasteiger charge is 2.30. The van der Waals surface area contributed by atoms with Gasteiger partial charge in [-0.1, -0.05) is 0 Å². The number of nitrogens with one attached hydrogen (secondary N) is 1. The maximum Gasteiger partial charge on any atom is 0.251 e. The zero-order valence-corrected chi connectivity index (χ0v) is 10.2. The van der Waals surface area contributed by atoms with Crippen molar-refractivity contribution in [2.24, 2.45) is 0 Å². The zero-order chi connectivity index (χ0) is 13.1. The van der Waals surface area contributed by atoms with Gasteiger partial charge in [-0.3, -0.25) is 4.79 Å². The molecule has 0 atom stereocenters. The summed E-state index contributed by atoms with van der Waals surface area (Å²) in [5.74, 6) is -0.764. The molecule has 5 nitrogen and oxygen atoms in total. The predicted octanol–water partition coefficient (Wildman–Crippen LogP) is 1.40. The molecule has 0 aliphatic heterocycles. The molecular formula is C13H17NO4. The van der Waals surface area contributed by atoms with Crippen LogP contribution in [-0.2, 0) is 4.74 Å². The van der Waals surface area contributed by atoms with E-state index in [1.54, 1.807) is 0 Å². The van der Waals surface area contributed by atoms with Crippen LogP contribution in [0.3, 0.4) is 0 Å². The summed E-state index contributed by atoms with van der Waals surface area (Å²) in [6, 6.07) is 4.16. The number of hydrogen-bond acceptors (Lipinski definition) is 4. The van der Waals surface area contributed by atoms with E-state index in [4.69, 9.17) is 9.84 Å². The van der Waals surface area contributed by atoms with Crippen molar-refractivity contribution in [2.45, 2.75) is 31.9 Å². The summed E-state index contributed by atoms with van der Waals surface area (Å²) in [5, 5.41) is 21.3. The molecule has 1 aliphatic carbocycles. The van der Waals surface area contributed by atoms with E-state index in [9.17, 15) is 9.90 Å². The Morgan fingerprint density at radius 1 is 1.39 bits per heavy atom. The van der Waals surface area contributed by atoms with Gasteiger partial charge in [0.25, 0.3) is 5.91 Å². The van der Waals surface area contributed by atoms with Crippen molar-refractivity contribution in [1.82, 2.24) is 5.32 Å². The van der Waals surface area contributed by atoms with Gasteiger partial charge in [0.2, 0.25) is 0 Å². The highest BCUT2D eigenvalue weighted by Crippen LogP contribution is 2.26. The Hall–Kier alpha value is -1.75. The number of hydrogen-bond donors (Lipinski definition) is 3. The molecule has 1 fully saturated rings. The van der Waals surface area contributed by atoms with Gasteiger partial charge in [-0.05, 0) is 38.0 Å². The lowest BCUT2D eigenvalue weighted by Gasteiger charge is -2.35. The summed E-state index contributed by atoms with van der Waals surface area (Å²) < 4.78 is 5.41. The number of carbonyl (C=O) groups is 1.